The Balaban J connectivity index is 1.16. The number of hydrogen-bond donors (Lipinski definition) is 2. The second-order valence-electron chi connectivity index (χ2n) is 14.4. The molecule has 1 heterocycles. The van der Waals surface area contributed by atoms with Crippen molar-refractivity contribution in [3.8, 4) is 0 Å². The third-order valence-corrected chi connectivity index (χ3v) is 13.4. The maximum Gasteiger partial charge on any atom is 0.222 e. The smallest absolute Gasteiger partial charge is 0.222 e. The second-order valence-corrected chi connectivity index (χ2v) is 15.9. The zero-order chi connectivity index (χ0) is 28.2. The van der Waals surface area contributed by atoms with E-state index in [1.54, 1.807) is 0 Å². The summed E-state index contributed by atoms with van der Waals surface area (Å²) in [4.78, 5) is 16.9. The van der Waals surface area contributed by atoms with Gasteiger partial charge in [-0.2, -0.15) is 0 Å². The molecule has 5 fully saturated rings. The van der Waals surface area contributed by atoms with E-state index in [-0.39, 0.29) is 41.2 Å². The monoisotopic (exact) mass is 567 g/mol. The molecule has 0 unspecified atom stereocenters. The minimum absolute atomic E-state index is 0.0888. The quantitative estimate of drug-likeness (QED) is 0.454. The van der Waals surface area contributed by atoms with Crippen LogP contribution >= 0.6 is 0 Å². The lowest BCUT2D eigenvalue weighted by Crippen LogP contribution is -2.58. The van der Waals surface area contributed by atoms with Gasteiger partial charge in [-0.3, -0.25) is 9.69 Å². The summed E-state index contributed by atoms with van der Waals surface area (Å²) in [6.45, 7) is 9.70. The molecule has 4 saturated carbocycles. The molecule has 224 valence electrons. The second kappa shape index (κ2) is 11.2. The normalized spacial score (nSPS) is 43.8. The van der Waals surface area contributed by atoms with Crippen LogP contribution in [0.25, 0.3) is 0 Å². The zero-order valence-corrected chi connectivity index (χ0v) is 25.1. The third kappa shape index (κ3) is 5.69. The average Bonchev–Trinajstić information content (AvgIpc) is 3.25. The van der Waals surface area contributed by atoms with Crippen molar-refractivity contribution in [3.63, 3.8) is 0 Å². The van der Waals surface area contributed by atoms with Gasteiger partial charge in [-0.1, -0.05) is 20.8 Å². The summed E-state index contributed by atoms with van der Waals surface area (Å²) in [5, 5.41) is 22.1. The van der Waals surface area contributed by atoms with Crippen molar-refractivity contribution in [2.45, 2.75) is 97.2 Å². The Morgan fingerprint density at radius 1 is 1.00 bits per heavy atom. The summed E-state index contributed by atoms with van der Waals surface area (Å²) < 4.78 is 32.7. The molecule has 4 aliphatic carbocycles. The summed E-state index contributed by atoms with van der Waals surface area (Å²) in [7, 11) is -4.21. The first-order valence-electron chi connectivity index (χ1n) is 15.6. The molecule has 1 amide bonds. The summed E-state index contributed by atoms with van der Waals surface area (Å²) in [6.07, 6.45) is 9.47. The first-order valence-corrected chi connectivity index (χ1v) is 17.2. The molecule has 2 N–H and O–H groups in total. The summed E-state index contributed by atoms with van der Waals surface area (Å²) in [5.74, 6) is 2.93. The molecular weight excluding hydrogens is 516 g/mol. The number of hydrogen-bond acceptors (Lipinski definition) is 7. The maximum absolute atomic E-state index is 13.0. The summed E-state index contributed by atoms with van der Waals surface area (Å²) in [5.41, 5.74) is 0.155. The molecule has 0 aromatic carbocycles. The number of aliphatic hydroxyl groups is 2. The number of rotatable bonds is 7. The van der Waals surface area contributed by atoms with Crippen molar-refractivity contribution >= 4 is 16.0 Å². The van der Waals surface area contributed by atoms with E-state index in [9.17, 15) is 28.0 Å². The Labute approximate surface area is 235 Å². The number of aliphatic hydroxyl groups excluding tert-OH is 2. The van der Waals surface area contributed by atoms with Crippen LogP contribution in [0.4, 0.5) is 0 Å². The van der Waals surface area contributed by atoms with Crippen molar-refractivity contribution in [3.05, 3.63) is 0 Å². The van der Waals surface area contributed by atoms with Gasteiger partial charge in [0.1, 0.15) is 0 Å². The fourth-order valence-corrected chi connectivity index (χ4v) is 10.8. The maximum atomic E-state index is 13.0. The van der Waals surface area contributed by atoms with Crippen molar-refractivity contribution in [2.24, 2.45) is 46.3 Å². The van der Waals surface area contributed by atoms with Gasteiger partial charge in [0, 0.05) is 39.1 Å². The number of carbonyl (C=O) groups excluding carboxylic acids is 1. The van der Waals surface area contributed by atoms with Crippen LogP contribution < -0.4 is 0 Å². The summed E-state index contributed by atoms with van der Waals surface area (Å²) in [6, 6.07) is 0. The molecular formula is C30H51N2O6S-. The highest BCUT2D eigenvalue weighted by Gasteiger charge is 2.63. The van der Waals surface area contributed by atoms with Gasteiger partial charge in [0.25, 0.3) is 0 Å². The first-order chi connectivity index (χ1) is 18.3. The van der Waals surface area contributed by atoms with E-state index in [4.69, 9.17) is 0 Å². The number of carbonyl (C=O) groups is 1. The molecule has 0 aromatic rings. The Morgan fingerprint density at radius 2 is 1.72 bits per heavy atom. The van der Waals surface area contributed by atoms with E-state index in [1.807, 2.05) is 9.80 Å². The van der Waals surface area contributed by atoms with E-state index < -0.39 is 10.1 Å². The lowest BCUT2D eigenvalue weighted by Gasteiger charge is -2.62. The Kier molecular flexibility index (Phi) is 8.51. The van der Waals surface area contributed by atoms with E-state index in [0.29, 0.717) is 68.1 Å². The van der Waals surface area contributed by atoms with Gasteiger partial charge in [0.15, 0.2) is 0 Å². The van der Waals surface area contributed by atoms with Gasteiger partial charge in [0.2, 0.25) is 5.91 Å². The molecule has 0 radical (unpaired) electrons. The number of amides is 1. The van der Waals surface area contributed by atoms with Crippen LogP contribution in [0.5, 0.6) is 0 Å². The van der Waals surface area contributed by atoms with Crippen molar-refractivity contribution < 1.29 is 28.0 Å². The number of piperazine rings is 1. The van der Waals surface area contributed by atoms with Crippen LogP contribution in [0.3, 0.4) is 0 Å². The SMILES string of the molecule is C[C@H](CCC(=O)N1CCN(CCS(=O)(=O)[O-])CC1)[C@H]1CC[C@H]2[C@@H]3CC[C@@H]4C[C@H](O)CC[C@]4(C)[C@H]3C[C@H](O)[C@]12C. The standard InChI is InChI=1S/C30H52N2O6S/c1-20(4-9-28(35)32-14-12-31(13-15-32)16-17-39(36,37)38)24-7-8-25-23-6-5-21-18-22(33)10-11-29(21,2)26(23)19-27(34)30(24,25)3/h20-27,33-34H,4-19H2,1-3H3,(H,36,37,38)/p-1/t20-,21-,22-,23+,24-,25+,26+,27+,29+,30-/m1/s1. The van der Waals surface area contributed by atoms with Crippen LogP contribution in [0.2, 0.25) is 0 Å². The van der Waals surface area contributed by atoms with Crippen LogP contribution in [-0.2, 0) is 14.9 Å². The molecule has 39 heavy (non-hydrogen) atoms. The summed E-state index contributed by atoms with van der Waals surface area (Å²) >= 11 is 0. The predicted molar refractivity (Wildman–Crippen MR) is 149 cm³/mol. The molecule has 10 atom stereocenters. The van der Waals surface area contributed by atoms with E-state index in [1.165, 1.54) is 19.3 Å². The Hall–Kier alpha value is -0.740. The molecule has 1 aliphatic heterocycles. The first kappa shape index (κ1) is 29.7. The van der Waals surface area contributed by atoms with Gasteiger partial charge in [-0.05, 0) is 104 Å². The molecule has 9 heteroatoms. The third-order valence-electron chi connectivity index (χ3n) is 12.7. The molecule has 0 spiro atoms. The highest BCUT2D eigenvalue weighted by molar-refractivity contribution is 7.85. The minimum Gasteiger partial charge on any atom is -0.748 e. The van der Waals surface area contributed by atoms with Gasteiger partial charge in [-0.25, -0.2) is 8.42 Å². The lowest BCUT2D eigenvalue weighted by molar-refractivity contribution is -0.175. The van der Waals surface area contributed by atoms with Crippen LogP contribution in [0.1, 0.15) is 85.0 Å². The number of nitrogens with zero attached hydrogens (tertiary/aromatic N) is 2. The molecule has 1 saturated heterocycles. The van der Waals surface area contributed by atoms with E-state index in [0.717, 1.165) is 38.5 Å². The van der Waals surface area contributed by atoms with Crippen LogP contribution in [-0.4, -0.2) is 89.6 Å². The fraction of sp³-hybridized carbons (Fsp3) is 0.967. The van der Waals surface area contributed by atoms with E-state index in [2.05, 4.69) is 20.8 Å². The Bertz CT molecular complexity index is 999. The number of fused-ring (bicyclic) bond motifs is 5. The minimum atomic E-state index is -4.21. The highest BCUT2D eigenvalue weighted by atomic mass is 32.2. The largest absolute Gasteiger partial charge is 0.748 e. The van der Waals surface area contributed by atoms with Crippen molar-refractivity contribution in [1.82, 2.24) is 9.80 Å². The highest BCUT2D eigenvalue weighted by Crippen LogP contribution is 2.68. The molecule has 5 rings (SSSR count). The predicted octanol–water partition coefficient (Wildman–Crippen LogP) is 3.08. The molecule has 5 aliphatic rings. The Morgan fingerprint density at radius 3 is 2.41 bits per heavy atom. The van der Waals surface area contributed by atoms with Crippen LogP contribution in [0, 0.1) is 46.3 Å². The van der Waals surface area contributed by atoms with Crippen LogP contribution in [0.15, 0.2) is 0 Å². The van der Waals surface area contributed by atoms with E-state index >= 15 is 0 Å². The van der Waals surface area contributed by atoms with Crippen molar-refractivity contribution in [2.75, 3.05) is 38.5 Å². The van der Waals surface area contributed by atoms with Gasteiger partial charge in [-0.15, -0.1) is 0 Å². The topological polar surface area (TPSA) is 121 Å². The fourth-order valence-electron chi connectivity index (χ4n) is 10.3. The zero-order valence-electron chi connectivity index (χ0n) is 24.3. The van der Waals surface area contributed by atoms with Crippen molar-refractivity contribution in [1.29, 1.82) is 0 Å². The molecule has 8 nitrogen and oxygen atoms in total. The molecule has 0 bridgehead atoms. The average molecular weight is 568 g/mol. The molecule has 0 aromatic heterocycles. The van der Waals surface area contributed by atoms with Gasteiger partial charge in [0.05, 0.1) is 28.1 Å². The van der Waals surface area contributed by atoms with Gasteiger partial charge >= 0.3 is 0 Å². The lowest BCUT2D eigenvalue weighted by atomic mass is 9.43. The van der Waals surface area contributed by atoms with Gasteiger partial charge < -0.3 is 19.7 Å².